The number of benzene rings is 2. The van der Waals surface area contributed by atoms with E-state index in [1.165, 1.54) is 33.5 Å². The van der Waals surface area contributed by atoms with Gasteiger partial charge in [-0.05, 0) is 6.07 Å². The molecule has 8 nitrogen and oxygen atoms in total. The van der Waals surface area contributed by atoms with Crippen LogP contribution in [0.4, 0.5) is 10.1 Å². The van der Waals surface area contributed by atoms with Crippen molar-refractivity contribution in [1.29, 1.82) is 0 Å². The molecule has 0 unspecified atom stereocenters. The molecular weight excluding hydrogens is 337 g/mol. The minimum absolute atomic E-state index is 0.0706. The molecule has 0 aliphatic rings. The van der Waals surface area contributed by atoms with Crippen molar-refractivity contribution in [3.05, 3.63) is 51.8 Å². The van der Waals surface area contributed by atoms with Crippen LogP contribution in [0.15, 0.2) is 30.3 Å². The highest BCUT2D eigenvalue weighted by Gasteiger charge is 2.23. The zero-order valence-electron chi connectivity index (χ0n) is 13.6. The van der Waals surface area contributed by atoms with Crippen LogP contribution in [0.2, 0.25) is 0 Å². The molecule has 0 heterocycles. The number of carbonyl (C=O) groups is 1. The topological polar surface area (TPSA) is 97.1 Å². The van der Waals surface area contributed by atoms with Crippen molar-refractivity contribution in [2.75, 3.05) is 21.3 Å². The standard InChI is InChI=1S/C16H14FNO7/c1-22-12-8-15(24-3)14(23-2)7-10(12)16(19)25-13-6-9(17)4-5-11(13)18(20)21/h4-8H,1-3H3. The lowest BCUT2D eigenvalue weighted by molar-refractivity contribution is -0.385. The fraction of sp³-hybridized carbons (Fsp3) is 0.188. The van der Waals surface area contributed by atoms with E-state index in [2.05, 4.69) is 0 Å². The molecule has 0 aliphatic carbocycles. The maximum atomic E-state index is 13.4. The minimum Gasteiger partial charge on any atom is -0.496 e. The van der Waals surface area contributed by atoms with Crippen LogP contribution >= 0.6 is 0 Å². The molecule has 0 bridgehead atoms. The molecule has 9 heteroatoms. The second kappa shape index (κ2) is 7.47. The summed E-state index contributed by atoms with van der Waals surface area (Å²) in [5.41, 5.74) is -0.618. The van der Waals surface area contributed by atoms with Crippen LogP contribution in [0.25, 0.3) is 0 Å². The van der Waals surface area contributed by atoms with Gasteiger partial charge >= 0.3 is 11.7 Å². The van der Waals surface area contributed by atoms with Gasteiger partial charge in [0.2, 0.25) is 5.75 Å². The Morgan fingerprint density at radius 1 is 0.960 bits per heavy atom. The number of ether oxygens (including phenoxy) is 4. The summed E-state index contributed by atoms with van der Waals surface area (Å²) < 4.78 is 33.6. The molecule has 0 radical (unpaired) electrons. The first kappa shape index (κ1) is 18.0. The Morgan fingerprint density at radius 2 is 1.56 bits per heavy atom. The van der Waals surface area contributed by atoms with Crippen molar-refractivity contribution in [2.24, 2.45) is 0 Å². The van der Waals surface area contributed by atoms with Gasteiger partial charge in [-0.25, -0.2) is 9.18 Å². The Balaban J connectivity index is 2.45. The van der Waals surface area contributed by atoms with Gasteiger partial charge in [0.25, 0.3) is 0 Å². The van der Waals surface area contributed by atoms with E-state index in [1.807, 2.05) is 0 Å². The highest BCUT2D eigenvalue weighted by Crippen LogP contribution is 2.36. The minimum atomic E-state index is -0.980. The van der Waals surface area contributed by atoms with Crippen molar-refractivity contribution >= 4 is 11.7 Å². The molecule has 0 fully saturated rings. The first-order valence-electron chi connectivity index (χ1n) is 6.87. The first-order chi connectivity index (χ1) is 11.9. The number of hydrogen-bond donors (Lipinski definition) is 0. The van der Waals surface area contributed by atoms with Gasteiger partial charge in [-0.3, -0.25) is 10.1 Å². The van der Waals surface area contributed by atoms with E-state index in [9.17, 15) is 19.3 Å². The summed E-state index contributed by atoms with van der Waals surface area (Å²) in [6.45, 7) is 0. The Hall–Kier alpha value is -3.36. The van der Waals surface area contributed by atoms with Crippen LogP contribution in [-0.2, 0) is 0 Å². The summed E-state index contributed by atoms with van der Waals surface area (Å²) in [6, 6.07) is 5.25. The molecule has 0 aliphatic heterocycles. The van der Waals surface area contributed by atoms with Crippen molar-refractivity contribution in [2.45, 2.75) is 0 Å². The fourth-order valence-corrected chi connectivity index (χ4v) is 2.06. The number of carbonyl (C=O) groups excluding carboxylic acids is 1. The number of nitro benzene ring substituents is 1. The number of rotatable bonds is 6. The number of methoxy groups -OCH3 is 3. The molecule has 0 N–H and O–H groups in total. The molecule has 132 valence electrons. The number of nitro groups is 1. The van der Waals surface area contributed by atoms with E-state index in [1.54, 1.807) is 0 Å². The van der Waals surface area contributed by atoms with E-state index >= 15 is 0 Å². The molecule has 0 spiro atoms. The largest absolute Gasteiger partial charge is 0.496 e. The quantitative estimate of drug-likeness (QED) is 0.341. The average molecular weight is 351 g/mol. The average Bonchev–Trinajstić information content (AvgIpc) is 2.60. The lowest BCUT2D eigenvalue weighted by atomic mass is 10.1. The maximum absolute atomic E-state index is 13.4. The van der Waals surface area contributed by atoms with Crippen LogP contribution in [0.1, 0.15) is 10.4 Å². The van der Waals surface area contributed by atoms with Crippen molar-refractivity contribution in [1.82, 2.24) is 0 Å². The Kier molecular flexibility index (Phi) is 5.38. The predicted molar refractivity (Wildman–Crippen MR) is 84.1 cm³/mol. The van der Waals surface area contributed by atoms with E-state index in [-0.39, 0.29) is 17.1 Å². The van der Waals surface area contributed by atoms with E-state index in [0.717, 1.165) is 18.2 Å². The number of halogens is 1. The molecule has 0 saturated heterocycles. The third-order valence-corrected chi connectivity index (χ3v) is 3.25. The summed E-state index contributed by atoms with van der Waals surface area (Å²) in [4.78, 5) is 22.6. The monoisotopic (exact) mass is 351 g/mol. The fourth-order valence-electron chi connectivity index (χ4n) is 2.06. The molecule has 2 aromatic carbocycles. The smallest absolute Gasteiger partial charge is 0.347 e. The Bertz CT molecular complexity index is 822. The summed E-state index contributed by atoms with van der Waals surface area (Å²) in [6.07, 6.45) is 0. The number of nitrogens with zero attached hydrogens (tertiary/aromatic N) is 1. The molecule has 2 aromatic rings. The van der Waals surface area contributed by atoms with Crippen LogP contribution < -0.4 is 18.9 Å². The van der Waals surface area contributed by atoms with E-state index in [4.69, 9.17) is 18.9 Å². The molecule has 0 amide bonds. The van der Waals surface area contributed by atoms with Crippen LogP contribution in [0.3, 0.4) is 0 Å². The number of hydrogen-bond acceptors (Lipinski definition) is 7. The zero-order valence-corrected chi connectivity index (χ0v) is 13.6. The summed E-state index contributed by atoms with van der Waals surface area (Å²) >= 11 is 0. The van der Waals surface area contributed by atoms with Gasteiger partial charge in [-0.1, -0.05) is 0 Å². The molecule has 0 saturated carbocycles. The highest BCUT2D eigenvalue weighted by atomic mass is 19.1. The van der Waals surface area contributed by atoms with Gasteiger partial charge in [0, 0.05) is 24.3 Å². The highest BCUT2D eigenvalue weighted by molar-refractivity contribution is 5.95. The lowest BCUT2D eigenvalue weighted by Crippen LogP contribution is -2.12. The Morgan fingerprint density at radius 3 is 2.12 bits per heavy atom. The molecule has 25 heavy (non-hydrogen) atoms. The van der Waals surface area contributed by atoms with Crippen molar-refractivity contribution in [3.63, 3.8) is 0 Å². The maximum Gasteiger partial charge on any atom is 0.347 e. The molecule has 2 rings (SSSR count). The van der Waals surface area contributed by atoms with Gasteiger partial charge in [0.15, 0.2) is 11.5 Å². The van der Waals surface area contributed by atoms with Gasteiger partial charge in [-0.15, -0.1) is 0 Å². The number of esters is 1. The third-order valence-electron chi connectivity index (χ3n) is 3.25. The summed E-state index contributed by atoms with van der Waals surface area (Å²) in [5, 5.41) is 11.0. The van der Waals surface area contributed by atoms with Crippen LogP contribution in [0, 0.1) is 15.9 Å². The van der Waals surface area contributed by atoms with Gasteiger partial charge in [0.1, 0.15) is 17.1 Å². The zero-order chi connectivity index (χ0) is 18.6. The third kappa shape index (κ3) is 3.77. The SMILES string of the molecule is COc1cc(OC)c(C(=O)Oc2cc(F)ccc2[N+](=O)[O-])cc1OC. The van der Waals surface area contributed by atoms with Crippen molar-refractivity contribution in [3.8, 4) is 23.0 Å². The Labute approximate surface area is 141 Å². The van der Waals surface area contributed by atoms with Crippen molar-refractivity contribution < 1.29 is 33.1 Å². The van der Waals surface area contributed by atoms with E-state index in [0.29, 0.717) is 5.75 Å². The van der Waals surface area contributed by atoms with Crippen LogP contribution in [0.5, 0.6) is 23.0 Å². The second-order valence-electron chi connectivity index (χ2n) is 4.67. The first-order valence-corrected chi connectivity index (χ1v) is 6.87. The second-order valence-corrected chi connectivity index (χ2v) is 4.67. The molecule has 0 aromatic heterocycles. The molecule has 0 atom stereocenters. The molecular formula is C16H14FNO7. The summed E-state index contributed by atoms with van der Waals surface area (Å²) in [7, 11) is 4.10. The van der Waals surface area contributed by atoms with E-state index < -0.39 is 28.1 Å². The lowest BCUT2D eigenvalue weighted by Gasteiger charge is -2.13. The van der Waals surface area contributed by atoms with Gasteiger partial charge < -0.3 is 18.9 Å². The van der Waals surface area contributed by atoms with Gasteiger partial charge in [0.05, 0.1) is 26.3 Å². The van der Waals surface area contributed by atoms with Gasteiger partial charge in [-0.2, -0.15) is 0 Å². The predicted octanol–water partition coefficient (Wildman–Crippen LogP) is 2.98. The summed E-state index contributed by atoms with van der Waals surface area (Å²) in [5.74, 6) is -1.65. The normalized spacial score (nSPS) is 10.1. The van der Waals surface area contributed by atoms with Crippen LogP contribution in [-0.4, -0.2) is 32.2 Å².